The van der Waals surface area contributed by atoms with Crippen LogP contribution in [0, 0.1) is 18.3 Å². The topological polar surface area (TPSA) is 128 Å². The Morgan fingerprint density at radius 3 is 2.68 bits per heavy atom. The monoisotopic (exact) mass is 475 g/mol. The number of benzene rings is 1. The predicted molar refractivity (Wildman–Crippen MR) is 125 cm³/mol. The van der Waals surface area contributed by atoms with Gasteiger partial charge in [-0.25, -0.2) is 4.98 Å². The van der Waals surface area contributed by atoms with Crippen LogP contribution in [-0.2, 0) is 4.79 Å². The van der Waals surface area contributed by atoms with Crippen molar-refractivity contribution in [3.63, 3.8) is 0 Å². The van der Waals surface area contributed by atoms with Gasteiger partial charge in [-0.15, -0.1) is 5.10 Å². The first-order valence-electron chi connectivity index (χ1n) is 10.7. The van der Waals surface area contributed by atoms with Crippen LogP contribution in [0.2, 0.25) is 0 Å². The molecular weight excluding hydrogens is 454 g/mol. The molecule has 0 saturated carbocycles. The normalized spacial score (nSPS) is 13.8. The number of piperazine rings is 1. The van der Waals surface area contributed by atoms with E-state index in [0.717, 1.165) is 5.56 Å². The third kappa shape index (κ3) is 4.53. The summed E-state index contributed by atoms with van der Waals surface area (Å²) in [7, 11) is 0. The molecule has 1 aliphatic heterocycles. The Morgan fingerprint density at radius 2 is 1.97 bits per heavy atom. The SMILES string of the molecule is Cc1ccc(-c2nc(SCC(=O)N3CCN(c4oc(-c5ccco5)nc4C#N)CC3)n[nH]2)cc1. The molecule has 0 atom stereocenters. The second-order valence-corrected chi connectivity index (χ2v) is 8.69. The van der Waals surface area contributed by atoms with Crippen molar-refractivity contribution < 1.29 is 13.6 Å². The van der Waals surface area contributed by atoms with Crippen molar-refractivity contribution in [3.8, 4) is 29.1 Å². The van der Waals surface area contributed by atoms with Gasteiger partial charge in [-0.1, -0.05) is 41.6 Å². The molecule has 172 valence electrons. The third-order valence-electron chi connectivity index (χ3n) is 5.48. The van der Waals surface area contributed by atoms with Crippen LogP contribution in [-0.4, -0.2) is 62.9 Å². The first-order chi connectivity index (χ1) is 16.6. The summed E-state index contributed by atoms with van der Waals surface area (Å²) < 4.78 is 11.1. The second-order valence-electron chi connectivity index (χ2n) is 7.75. The van der Waals surface area contributed by atoms with Crippen molar-refractivity contribution in [2.45, 2.75) is 12.1 Å². The number of amides is 1. The van der Waals surface area contributed by atoms with Crippen LogP contribution in [0.5, 0.6) is 0 Å². The molecular formula is C23H21N7O3S. The number of aryl methyl sites for hydroxylation is 1. The standard InChI is InChI=1S/C23H21N7O3S/c1-15-4-6-16(7-5-15)20-26-23(28-27-20)34-14-19(31)29-8-10-30(11-9-29)22-17(13-24)25-21(33-22)18-3-2-12-32-18/h2-7,12H,8-11,14H2,1H3,(H,26,27,28). The molecule has 1 aromatic carbocycles. The first-order valence-corrected chi connectivity index (χ1v) is 11.7. The number of aromatic amines is 1. The van der Waals surface area contributed by atoms with Crippen LogP contribution in [0.4, 0.5) is 5.88 Å². The zero-order valence-electron chi connectivity index (χ0n) is 18.4. The van der Waals surface area contributed by atoms with Gasteiger partial charge in [-0.3, -0.25) is 9.89 Å². The van der Waals surface area contributed by atoms with E-state index in [2.05, 4.69) is 26.2 Å². The Hall–Kier alpha value is -4.04. The van der Waals surface area contributed by atoms with Gasteiger partial charge in [0.15, 0.2) is 11.6 Å². The quantitative estimate of drug-likeness (QED) is 0.418. The van der Waals surface area contributed by atoms with E-state index >= 15 is 0 Å². The second kappa shape index (κ2) is 9.44. The Kier molecular flexibility index (Phi) is 6.05. The van der Waals surface area contributed by atoms with E-state index in [1.165, 1.54) is 23.6 Å². The smallest absolute Gasteiger partial charge is 0.266 e. The Labute approximate surface area is 199 Å². The van der Waals surface area contributed by atoms with Gasteiger partial charge in [0, 0.05) is 31.7 Å². The third-order valence-corrected chi connectivity index (χ3v) is 6.31. The lowest BCUT2D eigenvalue weighted by atomic mass is 10.1. The summed E-state index contributed by atoms with van der Waals surface area (Å²) in [5.74, 6) is 2.08. The number of anilines is 1. The van der Waals surface area contributed by atoms with E-state index in [1.807, 2.05) is 36.1 Å². The summed E-state index contributed by atoms with van der Waals surface area (Å²) >= 11 is 1.31. The molecule has 4 aromatic rings. The molecule has 0 aliphatic carbocycles. The summed E-state index contributed by atoms with van der Waals surface area (Å²) in [6.07, 6.45) is 1.52. The van der Waals surface area contributed by atoms with Crippen molar-refractivity contribution >= 4 is 23.6 Å². The molecule has 0 spiro atoms. The largest absolute Gasteiger partial charge is 0.459 e. The number of aromatic nitrogens is 4. The molecule has 34 heavy (non-hydrogen) atoms. The lowest BCUT2D eigenvalue weighted by molar-refractivity contribution is -0.128. The van der Waals surface area contributed by atoms with E-state index in [1.54, 1.807) is 17.0 Å². The molecule has 1 N–H and O–H groups in total. The maximum Gasteiger partial charge on any atom is 0.266 e. The molecule has 1 amide bonds. The lowest BCUT2D eigenvalue weighted by Gasteiger charge is -2.34. The minimum atomic E-state index is 0.0145. The van der Waals surface area contributed by atoms with Crippen molar-refractivity contribution in [2.24, 2.45) is 0 Å². The van der Waals surface area contributed by atoms with Gasteiger partial charge in [-0.05, 0) is 19.1 Å². The zero-order valence-corrected chi connectivity index (χ0v) is 19.2. The minimum absolute atomic E-state index is 0.0145. The number of oxazole rings is 1. The number of hydrogen-bond donors (Lipinski definition) is 1. The van der Waals surface area contributed by atoms with Crippen LogP contribution in [0.15, 0.2) is 56.7 Å². The van der Waals surface area contributed by atoms with Gasteiger partial charge in [0.1, 0.15) is 6.07 Å². The van der Waals surface area contributed by atoms with Gasteiger partial charge in [0.2, 0.25) is 22.6 Å². The fraction of sp³-hybridized carbons (Fsp3) is 0.261. The molecule has 4 heterocycles. The summed E-state index contributed by atoms with van der Waals surface area (Å²) in [6, 6.07) is 13.5. The highest BCUT2D eigenvalue weighted by molar-refractivity contribution is 7.99. The molecule has 10 nitrogen and oxygen atoms in total. The number of furan rings is 1. The molecule has 11 heteroatoms. The summed E-state index contributed by atoms with van der Waals surface area (Å²) in [5.41, 5.74) is 2.33. The van der Waals surface area contributed by atoms with E-state index in [-0.39, 0.29) is 23.2 Å². The van der Waals surface area contributed by atoms with Crippen LogP contribution in [0.25, 0.3) is 23.0 Å². The predicted octanol–water partition coefficient (Wildman–Crippen LogP) is 3.34. The Bertz CT molecular complexity index is 1310. The number of H-pyrrole nitrogens is 1. The average molecular weight is 476 g/mol. The Balaban J connectivity index is 1.16. The van der Waals surface area contributed by atoms with Gasteiger partial charge in [0.25, 0.3) is 5.89 Å². The zero-order chi connectivity index (χ0) is 23.5. The van der Waals surface area contributed by atoms with E-state index in [9.17, 15) is 10.1 Å². The van der Waals surface area contributed by atoms with Crippen molar-refractivity contribution in [2.75, 3.05) is 36.8 Å². The van der Waals surface area contributed by atoms with Crippen molar-refractivity contribution in [1.82, 2.24) is 25.1 Å². The van der Waals surface area contributed by atoms with E-state index in [4.69, 9.17) is 8.83 Å². The highest BCUT2D eigenvalue weighted by Gasteiger charge is 2.27. The number of nitrogens with one attached hydrogen (secondary N) is 1. The number of hydrogen-bond acceptors (Lipinski definition) is 9. The van der Waals surface area contributed by atoms with Gasteiger partial charge < -0.3 is 18.6 Å². The molecule has 3 aromatic heterocycles. The van der Waals surface area contributed by atoms with Gasteiger partial charge >= 0.3 is 0 Å². The maximum atomic E-state index is 12.7. The summed E-state index contributed by atoms with van der Waals surface area (Å²) in [4.78, 5) is 25.2. The molecule has 1 aliphatic rings. The molecule has 1 fully saturated rings. The molecule has 1 saturated heterocycles. The maximum absolute atomic E-state index is 12.7. The van der Waals surface area contributed by atoms with Crippen LogP contribution < -0.4 is 4.90 Å². The number of carbonyl (C=O) groups excluding carboxylic acids is 1. The van der Waals surface area contributed by atoms with Gasteiger partial charge in [0.05, 0.1) is 12.0 Å². The van der Waals surface area contributed by atoms with Gasteiger partial charge in [-0.2, -0.15) is 10.2 Å². The number of nitrogens with zero attached hydrogens (tertiary/aromatic N) is 6. The van der Waals surface area contributed by atoms with Crippen LogP contribution in [0.3, 0.4) is 0 Å². The minimum Gasteiger partial charge on any atom is -0.459 e. The molecule has 0 unspecified atom stereocenters. The van der Waals surface area contributed by atoms with Crippen LogP contribution >= 0.6 is 11.8 Å². The fourth-order valence-corrected chi connectivity index (χ4v) is 4.33. The highest BCUT2D eigenvalue weighted by Crippen LogP contribution is 2.29. The molecule has 0 bridgehead atoms. The summed E-state index contributed by atoms with van der Waals surface area (Å²) in [5, 5.41) is 17.1. The van der Waals surface area contributed by atoms with E-state index < -0.39 is 0 Å². The fourth-order valence-electron chi connectivity index (χ4n) is 3.63. The van der Waals surface area contributed by atoms with Crippen molar-refractivity contribution in [3.05, 3.63) is 53.9 Å². The summed E-state index contributed by atoms with van der Waals surface area (Å²) in [6.45, 7) is 4.14. The first kappa shape index (κ1) is 21.8. The lowest BCUT2D eigenvalue weighted by Crippen LogP contribution is -2.49. The number of rotatable bonds is 6. The molecule has 5 rings (SSSR count). The molecule has 0 radical (unpaired) electrons. The average Bonchev–Trinajstić information content (AvgIpc) is 3.63. The van der Waals surface area contributed by atoms with Crippen molar-refractivity contribution in [1.29, 1.82) is 5.26 Å². The number of thioether (sulfide) groups is 1. The van der Waals surface area contributed by atoms with Crippen LogP contribution in [0.1, 0.15) is 11.3 Å². The van der Waals surface area contributed by atoms with E-state index in [0.29, 0.717) is 48.8 Å². The highest BCUT2D eigenvalue weighted by atomic mass is 32.2. The Morgan fingerprint density at radius 1 is 1.18 bits per heavy atom. The number of nitriles is 1. The number of carbonyl (C=O) groups is 1.